The van der Waals surface area contributed by atoms with Crippen LogP contribution >= 0.6 is 11.6 Å². The molecule has 2 aliphatic rings. The molecule has 2 heterocycles. The summed E-state index contributed by atoms with van der Waals surface area (Å²) in [4.78, 5) is 8.51. The summed E-state index contributed by atoms with van der Waals surface area (Å²) in [6, 6.07) is 14.9. The van der Waals surface area contributed by atoms with Crippen molar-refractivity contribution in [2.45, 2.75) is 50.9 Å². The molecule has 2 aromatic carbocycles. The second-order valence-electron chi connectivity index (χ2n) is 9.21. The van der Waals surface area contributed by atoms with E-state index in [0.717, 1.165) is 47.9 Å². The molecule has 1 aliphatic heterocycles. The lowest BCUT2D eigenvalue weighted by atomic mass is 9.82. The Labute approximate surface area is 171 Å². The highest BCUT2D eigenvalue weighted by molar-refractivity contribution is 6.31. The summed E-state index contributed by atoms with van der Waals surface area (Å²) in [5.74, 6) is 1.44. The van der Waals surface area contributed by atoms with Crippen molar-refractivity contribution in [3.05, 3.63) is 64.4 Å². The van der Waals surface area contributed by atoms with Gasteiger partial charge < -0.3 is 9.72 Å². The number of ether oxygens (including phenoxy) is 1. The number of benzene rings is 2. The number of nitrogens with zero attached hydrogens (tertiary/aromatic N) is 1. The summed E-state index contributed by atoms with van der Waals surface area (Å²) < 4.78 is 5.65. The first-order valence-electron chi connectivity index (χ1n) is 10.3. The number of hydrogen-bond acceptors (Lipinski definition) is 2. The largest absolute Gasteiger partial charge is 0.381 e. The zero-order chi connectivity index (χ0) is 19.4. The third kappa shape index (κ3) is 3.15. The van der Waals surface area contributed by atoms with Crippen molar-refractivity contribution in [1.29, 1.82) is 0 Å². The van der Waals surface area contributed by atoms with Gasteiger partial charge in [-0.05, 0) is 59.9 Å². The van der Waals surface area contributed by atoms with E-state index in [2.05, 4.69) is 49.2 Å². The molecule has 1 saturated heterocycles. The normalized spacial score (nSPS) is 24.5. The van der Waals surface area contributed by atoms with E-state index < -0.39 is 0 Å². The monoisotopic (exact) mass is 394 g/mol. The minimum Gasteiger partial charge on any atom is -0.381 e. The van der Waals surface area contributed by atoms with Crippen LogP contribution in [-0.2, 0) is 16.6 Å². The van der Waals surface area contributed by atoms with Crippen LogP contribution in [0.2, 0.25) is 5.02 Å². The third-order valence-corrected chi connectivity index (χ3v) is 7.35. The van der Waals surface area contributed by atoms with E-state index in [0.29, 0.717) is 11.3 Å². The van der Waals surface area contributed by atoms with Gasteiger partial charge in [0, 0.05) is 23.5 Å². The fourth-order valence-electron chi connectivity index (χ4n) is 4.66. The average Bonchev–Trinajstić information content (AvgIpc) is 3.10. The molecule has 3 aromatic rings. The van der Waals surface area contributed by atoms with Crippen molar-refractivity contribution in [2.75, 3.05) is 13.2 Å². The summed E-state index contributed by atoms with van der Waals surface area (Å²) in [6.07, 6.45) is 4.48. The summed E-state index contributed by atoms with van der Waals surface area (Å²) >= 11 is 6.56. The quantitative estimate of drug-likeness (QED) is 0.574. The van der Waals surface area contributed by atoms with Crippen LogP contribution < -0.4 is 0 Å². The van der Waals surface area contributed by atoms with Gasteiger partial charge in [0.15, 0.2) is 0 Å². The second kappa shape index (κ2) is 6.60. The molecule has 4 heteroatoms. The minimum atomic E-state index is 0.112. The van der Waals surface area contributed by atoms with E-state index >= 15 is 0 Å². The lowest BCUT2D eigenvalue weighted by molar-refractivity contribution is 0.181. The highest BCUT2D eigenvalue weighted by Gasteiger charge is 2.46. The van der Waals surface area contributed by atoms with Crippen LogP contribution in [0.25, 0.3) is 11.0 Å². The number of nitrogens with one attached hydrogen (secondary N) is 1. The zero-order valence-electron chi connectivity index (χ0n) is 16.6. The minimum absolute atomic E-state index is 0.112. The first kappa shape index (κ1) is 18.2. The van der Waals surface area contributed by atoms with Gasteiger partial charge in [0.05, 0.1) is 17.6 Å². The van der Waals surface area contributed by atoms with Crippen LogP contribution in [0, 0.1) is 5.41 Å². The lowest BCUT2D eigenvalue weighted by Crippen LogP contribution is -2.21. The van der Waals surface area contributed by atoms with Crippen molar-refractivity contribution in [3.63, 3.8) is 0 Å². The standard InChI is InChI=1S/C24H27ClN2O/c1-23(9-10-23)18(17-5-3-4-6-19(17)25)14-22-26-20-8-7-16(13-21(20)27-22)24(2)11-12-28-15-24/h3-8,13,18H,9-12,14-15H2,1-2H3,(H,26,27). The van der Waals surface area contributed by atoms with Gasteiger partial charge in [0.1, 0.15) is 5.82 Å². The maximum Gasteiger partial charge on any atom is 0.107 e. The number of H-pyrrole nitrogens is 1. The first-order valence-corrected chi connectivity index (χ1v) is 10.7. The number of hydrogen-bond donors (Lipinski definition) is 1. The number of imidazole rings is 1. The molecule has 0 amide bonds. The number of halogens is 1. The van der Waals surface area contributed by atoms with Gasteiger partial charge in [-0.3, -0.25) is 0 Å². The predicted molar refractivity (Wildman–Crippen MR) is 114 cm³/mol. The molecule has 0 radical (unpaired) electrons. The van der Waals surface area contributed by atoms with Gasteiger partial charge in [0.2, 0.25) is 0 Å². The zero-order valence-corrected chi connectivity index (χ0v) is 17.4. The SMILES string of the molecule is CC1(c2ccc3nc(CC(c4ccccc4Cl)C4(C)CC4)[nH]c3c2)CCOC1. The summed E-state index contributed by atoms with van der Waals surface area (Å²) in [7, 11) is 0. The van der Waals surface area contributed by atoms with Crippen molar-refractivity contribution in [3.8, 4) is 0 Å². The molecular formula is C24H27ClN2O. The van der Waals surface area contributed by atoms with Crippen molar-refractivity contribution < 1.29 is 4.74 Å². The molecule has 0 bridgehead atoms. The second-order valence-corrected chi connectivity index (χ2v) is 9.62. The van der Waals surface area contributed by atoms with E-state index in [1.165, 1.54) is 24.0 Å². The molecule has 0 spiro atoms. The number of aromatic amines is 1. The summed E-state index contributed by atoms with van der Waals surface area (Å²) in [5.41, 5.74) is 5.19. The number of aromatic nitrogens is 2. The third-order valence-electron chi connectivity index (χ3n) is 7.00. The van der Waals surface area contributed by atoms with E-state index in [-0.39, 0.29) is 5.41 Å². The predicted octanol–water partition coefficient (Wildman–Crippen LogP) is 6.02. The molecule has 1 N–H and O–H groups in total. The maximum atomic E-state index is 6.56. The Bertz CT molecular complexity index is 1010. The Morgan fingerprint density at radius 3 is 2.68 bits per heavy atom. The number of fused-ring (bicyclic) bond motifs is 1. The van der Waals surface area contributed by atoms with E-state index in [9.17, 15) is 0 Å². The summed E-state index contributed by atoms with van der Waals surface area (Å²) in [6.45, 7) is 6.32. The Morgan fingerprint density at radius 2 is 1.96 bits per heavy atom. The van der Waals surface area contributed by atoms with Crippen LogP contribution in [0.5, 0.6) is 0 Å². The Morgan fingerprint density at radius 1 is 1.14 bits per heavy atom. The van der Waals surface area contributed by atoms with Gasteiger partial charge >= 0.3 is 0 Å². The smallest absolute Gasteiger partial charge is 0.107 e. The fraction of sp³-hybridized carbons (Fsp3) is 0.458. The lowest BCUT2D eigenvalue weighted by Gasteiger charge is -2.24. The molecular weight excluding hydrogens is 368 g/mol. The molecule has 1 saturated carbocycles. The maximum absolute atomic E-state index is 6.56. The fourth-order valence-corrected chi connectivity index (χ4v) is 4.93. The average molecular weight is 395 g/mol. The Kier molecular flexibility index (Phi) is 4.29. The van der Waals surface area contributed by atoms with Crippen molar-refractivity contribution >= 4 is 22.6 Å². The van der Waals surface area contributed by atoms with Crippen LogP contribution in [0.1, 0.15) is 56.0 Å². The van der Waals surface area contributed by atoms with Crippen LogP contribution in [0.4, 0.5) is 0 Å². The van der Waals surface area contributed by atoms with Crippen LogP contribution in [0.3, 0.4) is 0 Å². The molecule has 2 fully saturated rings. The first-order chi connectivity index (χ1) is 13.5. The van der Waals surface area contributed by atoms with Gasteiger partial charge in [-0.2, -0.15) is 0 Å². The van der Waals surface area contributed by atoms with Gasteiger partial charge in [0.25, 0.3) is 0 Å². The molecule has 2 atom stereocenters. The highest BCUT2D eigenvalue weighted by Crippen LogP contribution is 2.57. The number of rotatable bonds is 5. The van der Waals surface area contributed by atoms with Crippen molar-refractivity contribution in [1.82, 2.24) is 9.97 Å². The van der Waals surface area contributed by atoms with Gasteiger partial charge in [-0.25, -0.2) is 4.98 Å². The molecule has 146 valence electrons. The summed E-state index contributed by atoms with van der Waals surface area (Å²) in [5, 5.41) is 0.869. The Balaban J connectivity index is 1.48. The molecule has 1 aliphatic carbocycles. The molecule has 2 unspecified atom stereocenters. The van der Waals surface area contributed by atoms with Gasteiger partial charge in [-0.1, -0.05) is 49.7 Å². The van der Waals surface area contributed by atoms with E-state index in [1.807, 2.05) is 12.1 Å². The van der Waals surface area contributed by atoms with E-state index in [4.69, 9.17) is 21.3 Å². The Hall–Kier alpha value is -1.84. The van der Waals surface area contributed by atoms with E-state index in [1.54, 1.807) is 0 Å². The van der Waals surface area contributed by atoms with Crippen molar-refractivity contribution in [2.24, 2.45) is 5.41 Å². The highest BCUT2D eigenvalue weighted by atomic mass is 35.5. The molecule has 5 rings (SSSR count). The van der Waals surface area contributed by atoms with Crippen LogP contribution in [0.15, 0.2) is 42.5 Å². The molecule has 28 heavy (non-hydrogen) atoms. The molecule has 1 aromatic heterocycles. The van der Waals surface area contributed by atoms with Crippen LogP contribution in [-0.4, -0.2) is 23.2 Å². The topological polar surface area (TPSA) is 37.9 Å². The van der Waals surface area contributed by atoms with Gasteiger partial charge in [-0.15, -0.1) is 0 Å². The molecule has 3 nitrogen and oxygen atoms in total.